The molecule has 2 aliphatic rings. The topological polar surface area (TPSA) is 35.7 Å². The third kappa shape index (κ3) is 6.59. The van der Waals surface area contributed by atoms with Gasteiger partial charge in [-0.15, -0.1) is 26.3 Å². The van der Waals surface area contributed by atoms with Gasteiger partial charge in [0.2, 0.25) is 0 Å². The predicted molar refractivity (Wildman–Crippen MR) is 139 cm³/mol. The van der Waals surface area contributed by atoms with Gasteiger partial charge in [-0.3, -0.25) is 0 Å². The van der Waals surface area contributed by atoms with Crippen LogP contribution in [0.5, 0.6) is 0 Å². The summed E-state index contributed by atoms with van der Waals surface area (Å²) >= 11 is 0. The summed E-state index contributed by atoms with van der Waals surface area (Å²) in [5.41, 5.74) is 8.91. The zero-order chi connectivity index (χ0) is 26.2. The third-order valence-corrected chi connectivity index (χ3v) is 6.06. The second-order valence-electron chi connectivity index (χ2n) is 8.06. The monoisotopic (exact) mass is 490 g/mol. The van der Waals surface area contributed by atoms with E-state index in [0.29, 0.717) is 37.9 Å². The number of nitrogen functional groups attached to an aromatic ring is 1. The van der Waals surface area contributed by atoms with Crippen molar-refractivity contribution in [3.63, 3.8) is 0 Å². The minimum absolute atomic E-state index is 0.194. The first-order valence-electron chi connectivity index (χ1n) is 11.4. The van der Waals surface area contributed by atoms with Crippen LogP contribution in [0.4, 0.5) is 34.6 Å². The molecule has 2 heterocycles. The number of piperazine rings is 1. The van der Waals surface area contributed by atoms with Gasteiger partial charge in [0.05, 0.1) is 11.3 Å². The average Bonchev–Trinajstić information content (AvgIpc) is 3.40. The summed E-state index contributed by atoms with van der Waals surface area (Å²) in [6.07, 6.45) is -2.23. The number of nitrogens with two attached hydrogens (primary N) is 1. The van der Waals surface area contributed by atoms with Crippen molar-refractivity contribution in [2.24, 2.45) is 0 Å². The molecule has 0 atom stereocenters. The van der Waals surface area contributed by atoms with Gasteiger partial charge in [-0.05, 0) is 49.2 Å². The van der Waals surface area contributed by atoms with Crippen molar-refractivity contribution in [2.45, 2.75) is 19.0 Å². The first kappa shape index (κ1) is 27.8. The summed E-state index contributed by atoms with van der Waals surface area (Å²) in [7, 11) is 0. The Labute approximate surface area is 205 Å². The number of hydrogen-bond donors (Lipinski definition) is 1. The second-order valence-corrected chi connectivity index (χ2v) is 8.06. The first-order chi connectivity index (χ1) is 16.7. The van der Waals surface area contributed by atoms with Gasteiger partial charge in [-0.2, -0.15) is 13.2 Å². The van der Waals surface area contributed by atoms with Gasteiger partial charge in [0.25, 0.3) is 0 Å². The van der Waals surface area contributed by atoms with Crippen LogP contribution in [0.3, 0.4) is 0 Å². The van der Waals surface area contributed by atoms with Crippen molar-refractivity contribution in [3.05, 3.63) is 86.2 Å². The normalized spacial score (nSPS) is 15.6. The van der Waals surface area contributed by atoms with E-state index >= 15 is 0 Å². The van der Waals surface area contributed by atoms with Crippen LogP contribution >= 0.6 is 0 Å². The molecule has 35 heavy (non-hydrogen) atoms. The number of halogens is 4. The van der Waals surface area contributed by atoms with E-state index in [-0.39, 0.29) is 5.69 Å². The first-order valence-corrected chi connectivity index (χ1v) is 11.4. The summed E-state index contributed by atoms with van der Waals surface area (Å²) < 4.78 is 52.8. The number of anilines is 3. The van der Waals surface area contributed by atoms with Crippen LogP contribution < -0.4 is 15.5 Å². The standard InChI is InChI=1S/C23H26F4N4.2C2H4/c1-16(19-15-18(28)5-7-21(19)30-8-2-3-9-30)29-10-12-31(13-11-29)22-6-4-17(14-20(22)24)23(25,26)27;2*1-2/h4-7,14-15H,1-3,8-13,28H2;2*1-2H2. The molecule has 0 aromatic heterocycles. The lowest BCUT2D eigenvalue weighted by Crippen LogP contribution is -2.45. The summed E-state index contributed by atoms with van der Waals surface area (Å²) in [6.45, 7) is 20.5. The number of alkyl halides is 3. The van der Waals surface area contributed by atoms with Gasteiger partial charge in [-0.25, -0.2) is 4.39 Å². The van der Waals surface area contributed by atoms with Crippen molar-refractivity contribution in [3.8, 4) is 0 Å². The number of nitrogens with zero attached hydrogens (tertiary/aromatic N) is 3. The predicted octanol–water partition coefficient (Wildman–Crippen LogP) is 6.42. The molecule has 190 valence electrons. The van der Waals surface area contributed by atoms with Gasteiger partial charge in [0.1, 0.15) is 5.82 Å². The van der Waals surface area contributed by atoms with Crippen LogP contribution in [-0.4, -0.2) is 44.2 Å². The molecule has 4 rings (SSSR count). The van der Waals surface area contributed by atoms with Gasteiger partial charge >= 0.3 is 6.18 Å². The molecular formula is C27H34F4N4. The van der Waals surface area contributed by atoms with Gasteiger partial charge in [0, 0.05) is 61.9 Å². The number of rotatable bonds is 4. The van der Waals surface area contributed by atoms with Crippen molar-refractivity contribution >= 4 is 22.8 Å². The SMILES string of the molecule is C=C.C=C.C=C(c1cc(N)ccc1N1CCCC1)N1CCN(c2ccc(C(F)(F)F)cc2F)CC1. The van der Waals surface area contributed by atoms with Crippen molar-refractivity contribution in [1.29, 1.82) is 0 Å². The summed E-state index contributed by atoms with van der Waals surface area (Å²) in [6, 6.07) is 8.59. The fraction of sp³-hybridized carbons (Fsp3) is 0.333. The van der Waals surface area contributed by atoms with Gasteiger partial charge < -0.3 is 20.4 Å². The van der Waals surface area contributed by atoms with Crippen LogP contribution in [0.1, 0.15) is 24.0 Å². The molecule has 8 heteroatoms. The zero-order valence-corrected chi connectivity index (χ0v) is 20.1. The zero-order valence-electron chi connectivity index (χ0n) is 20.1. The Balaban J connectivity index is 0.00000103. The highest BCUT2D eigenvalue weighted by molar-refractivity contribution is 5.78. The lowest BCUT2D eigenvalue weighted by molar-refractivity contribution is -0.137. The molecule has 0 bridgehead atoms. The maximum absolute atomic E-state index is 14.4. The summed E-state index contributed by atoms with van der Waals surface area (Å²) in [4.78, 5) is 6.25. The average molecular weight is 491 g/mol. The molecule has 2 saturated heterocycles. The minimum atomic E-state index is -4.56. The molecule has 2 N–H and O–H groups in total. The van der Waals surface area contributed by atoms with E-state index < -0.39 is 17.6 Å². The van der Waals surface area contributed by atoms with Crippen molar-refractivity contribution in [1.82, 2.24) is 4.90 Å². The van der Waals surface area contributed by atoms with Crippen molar-refractivity contribution < 1.29 is 17.6 Å². The largest absolute Gasteiger partial charge is 0.416 e. The van der Waals surface area contributed by atoms with Crippen LogP contribution in [-0.2, 0) is 6.18 Å². The van der Waals surface area contributed by atoms with Crippen LogP contribution in [0, 0.1) is 5.82 Å². The van der Waals surface area contributed by atoms with Crippen LogP contribution in [0.2, 0.25) is 0 Å². The van der Waals surface area contributed by atoms with E-state index in [1.807, 2.05) is 18.2 Å². The molecule has 0 saturated carbocycles. The lowest BCUT2D eigenvalue weighted by Gasteiger charge is -2.39. The molecule has 0 spiro atoms. The van der Waals surface area contributed by atoms with E-state index in [4.69, 9.17) is 5.73 Å². The molecule has 0 unspecified atom stereocenters. The smallest absolute Gasteiger partial charge is 0.399 e. The van der Waals surface area contributed by atoms with E-state index in [1.165, 1.54) is 6.07 Å². The Morgan fingerprint density at radius 2 is 1.31 bits per heavy atom. The molecule has 2 aromatic rings. The molecule has 2 fully saturated rings. The summed E-state index contributed by atoms with van der Waals surface area (Å²) in [5, 5.41) is 0. The quantitative estimate of drug-likeness (QED) is 0.305. The Morgan fingerprint density at radius 1 is 0.771 bits per heavy atom. The van der Waals surface area contributed by atoms with Gasteiger partial charge in [-0.1, -0.05) is 6.58 Å². The Hall–Kier alpha value is -3.42. The van der Waals surface area contributed by atoms with E-state index in [0.717, 1.165) is 48.9 Å². The molecular weight excluding hydrogens is 456 g/mol. The van der Waals surface area contributed by atoms with E-state index in [9.17, 15) is 17.6 Å². The lowest BCUT2D eigenvalue weighted by atomic mass is 10.1. The fourth-order valence-electron chi connectivity index (χ4n) is 4.35. The molecule has 0 amide bonds. The minimum Gasteiger partial charge on any atom is -0.399 e. The highest BCUT2D eigenvalue weighted by atomic mass is 19.4. The molecule has 0 aliphatic carbocycles. The molecule has 4 nitrogen and oxygen atoms in total. The highest BCUT2D eigenvalue weighted by Crippen LogP contribution is 2.35. The molecule has 2 aliphatic heterocycles. The van der Waals surface area contributed by atoms with Crippen LogP contribution in [0.25, 0.3) is 5.70 Å². The number of hydrogen-bond acceptors (Lipinski definition) is 4. The third-order valence-electron chi connectivity index (χ3n) is 6.06. The van der Waals surface area contributed by atoms with E-state index in [1.54, 1.807) is 4.90 Å². The van der Waals surface area contributed by atoms with Crippen molar-refractivity contribution in [2.75, 3.05) is 54.8 Å². The maximum Gasteiger partial charge on any atom is 0.416 e. The number of benzene rings is 2. The van der Waals surface area contributed by atoms with E-state index in [2.05, 4.69) is 42.7 Å². The molecule has 0 radical (unpaired) electrons. The Morgan fingerprint density at radius 3 is 1.86 bits per heavy atom. The summed E-state index contributed by atoms with van der Waals surface area (Å²) in [5.74, 6) is -0.853. The molecule has 2 aromatic carbocycles. The van der Waals surface area contributed by atoms with Gasteiger partial charge in [0.15, 0.2) is 0 Å². The second kappa shape index (κ2) is 12.3. The van der Waals surface area contributed by atoms with Crippen LogP contribution in [0.15, 0.2) is 69.3 Å². The highest BCUT2D eigenvalue weighted by Gasteiger charge is 2.32. The Bertz CT molecular complexity index is 989. The Kier molecular flexibility index (Phi) is 9.80. The maximum atomic E-state index is 14.4. The fourth-order valence-corrected chi connectivity index (χ4v) is 4.35.